The first-order valence-corrected chi connectivity index (χ1v) is 6.02. The minimum atomic E-state index is -0.832. The molecule has 2 rings (SSSR count). The van der Waals surface area contributed by atoms with Gasteiger partial charge in [-0.3, -0.25) is 0 Å². The van der Waals surface area contributed by atoms with E-state index < -0.39 is 17.6 Å². The Bertz CT molecular complexity index is 662. The minimum Gasteiger partial charge on any atom is -0.457 e. The van der Waals surface area contributed by atoms with E-state index in [1.54, 1.807) is 0 Å². The van der Waals surface area contributed by atoms with Gasteiger partial charge < -0.3 is 10.5 Å². The van der Waals surface area contributed by atoms with E-state index in [0.29, 0.717) is 0 Å². The van der Waals surface area contributed by atoms with Crippen LogP contribution >= 0.6 is 11.6 Å². The summed E-state index contributed by atoms with van der Waals surface area (Å²) >= 11 is 5.61. The molecule has 0 unspecified atom stereocenters. The van der Waals surface area contributed by atoms with Crippen molar-refractivity contribution < 1.29 is 18.3 Å². The van der Waals surface area contributed by atoms with E-state index in [1.807, 2.05) is 0 Å². The molecule has 0 aromatic heterocycles. The molecule has 2 aromatic carbocycles. The average Bonchev–Trinajstić information content (AvgIpc) is 2.43. The topological polar surface area (TPSA) is 52.3 Å². The third-order valence-electron chi connectivity index (χ3n) is 2.63. The Morgan fingerprint density at radius 2 is 2.00 bits per heavy atom. The van der Waals surface area contributed by atoms with Gasteiger partial charge in [-0.15, -0.1) is 0 Å². The summed E-state index contributed by atoms with van der Waals surface area (Å²) < 4.78 is 31.5. The second-order valence-electron chi connectivity index (χ2n) is 4.02. The second kappa shape index (κ2) is 5.88. The van der Waals surface area contributed by atoms with Crippen LogP contribution in [0.5, 0.6) is 0 Å². The summed E-state index contributed by atoms with van der Waals surface area (Å²) in [5, 5.41) is -0.0659. The Labute approximate surface area is 118 Å². The number of hydrogen-bond donors (Lipinski definition) is 1. The lowest BCUT2D eigenvalue weighted by Crippen LogP contribution is -2.09. The Kier molecular flexibility index (Phi) is 4.20. The summed E-state index contributed by atoms with van der Waals surface area (Å²) in [4.78, 5) is 11.8. The predicted octanol–water partition coefficient (Wildman–Crippen LogP) is 3.56. The molecule has 0 fully saturated rings. The maximum atomic E-state index is 13.6. The molecule has 0 aliphatic carbocycles. The molecule has 0 atom stereocenters. The standard InChI is InChI=1S/C14H10ClF2NO2/c15-11-3-1-2-8(13(11)17)7-20-14(19)10-6-9(16)4-5-12(10)18/h1-6H,7,18H2. The highest BCUT2D eigenvalue weighted by Gasteiger charge is 2.14. The van der Waals surface area contributed by atoms with Crippen molar-refractivity contribution in [3.05, 3.63) is 64.2 Å². The number of esters is 1. The average molecular weight is 298 g/mol. The predicted molar refractivity (Wildman–Crippen MR) is 71.3 cm³/mol. The van der Waals surface area contributed by atoms with Crippen molar-refractivity contribution in [1.29, 1.82) is 0 Å². The van der Waals surface area contributed by atoms with Crippen molar-refractivity contribution in [3.63, 3.8) is 0 Å². The van der Waals surface area contributed by atoms with Gasteiger partial charge in [0.05, 0.1) is 10.6 Å². The number of rotatable bonds is 3. The molecule has 6 heteroatoms. The van der Waals surface area contributed by atoms with Gasteiger partial charge in [-0.1, -0.05) is 23.7 Å². The molecular formula is C14H10ClF2NO2. The number of halogens is 3. The van der Waals surface area contributed by atoms with Gasteiger partial charge in [0.1, 0.15) is 18.2 Å². The van der Waals surface area contributed by atoms with E-state index in [4.69, 9.17) is 22.1 Å². The summed E-state index contributed by atoms with van der Waals surface area (Å²) in [7, 11) is 0. The van der Waals surface area contributed by atoms with E-state index in [2.05, 4.69) is 0 Å². The Morgan fingerprint density at radius 1 is 1.25 bits per heavy atom. The van der Waals surface area contributed by atoms with Crippen LogP contribution in [0.2, 0.25) is 5.02 Å². The normalized spacial score (nSPS) is 10.3. The van der Waals surface area contributed by atoms with Gasteiger partial charge in [0.2, 0.25) is 0 Å². The van der Waals surface area contributed by atoms with Crippen molar-refractivity contribution in [2.45, 2.75) is 6.61 Å². The van der Waals surface area contributed by atoms with Gasteiger partial charge >= 0.3 is 5.97 Å². The molecule has 0 heterocycles. The molecule has 0 radical (unpaired) electrons. The molecule has 104 valence electrons. The largest absolute Gasteiger partial charge is 0.457 e. The smallest absolute Gasteiger partial charge is 0.340 e. The van der Waals surface area contributed by atoms with Crippen LogP contribution in [0.4, 0.5) is 14.5 Å². The number of ether oxygens (including phenoxy) is 1. The summed E-state index contributed by atoms with van der Waals surface area (Å²) in [6.07, 6.45) is 0. The molecule has 2 N–H and O–H groups in total. The van der Waals surface area contributed by atoms with Crippen LogP contribution in [0.25, 0.3) is 0 Å². The number of anilines is 1. The molecule has 3 nitrogen and oxygen atoms in total. The van der Waals surface area contributed by atoms with Crippen LogP contribution in [-0.4, -0.2) is 5.97 Å². The van der Waals surface area contributed by atoms with Crippen LogP contribution in [0.15, 0.2) is 36.4 Å². The van der Waals surface area contributed by atoms with Crippen LogP contribution in [0.1, 0.15) is 15.9 Å². The summed E-state index contributed by atoms with van der Waals surface area (Å²) in [6.45, 7) is -0.318. The van der Waals surface area contributed by atoms with Crippen molar-refractivity contribution >= 4 is 23.3 Å². The van der Waals surface area contributed by atoms with E-state index >= 15 is 0 Å². The number of carbonyl (C=O) groups excluding carboxylic acids is 1. The molecule has 0 bridgehead atoms. The van der Waals surface area contributed by atoms with E-state index in [9.17, 15) is 13.6 Å². The third-order valence-corrected chi connectivity index (χ3v) is 2.92. The molecule has 0 aliphatic heterocycles. The zero-order valence-corrected chi connectivity index (χ0v) is 11.0. The molecule has 0 amide bonds. The second-order valence-corrected chi connectivity index (χ2v) is 4.43. The first kappa shape index (κ1) is 14.3. The number of carbonyl (C=O) groups is 1. The summed E-state index contributed by atoms with van der Waals surface area (Å²) in [5.74, 6) is -2.10. The highest BCUT2D eigenvalue weighted by Crippen LogP contribution is 2.20. The van der Waals surface area contributed by atoms with Crippen LogP contribution < -0.4 is 5.73 Å². The maximum absolute atomic E-state index is 13.6. The Hall–Kier alpha value is -2.14. The number of nitrogens with two attached hydrogens (primary N) is 1. The van der Waals surface area contributed by atoms with E-state index in [1.165, 1.54) is 24.3 Å². The zero-order chi connectivity index (χ0) is 14.7. The van der Waals surface area contributed by atoms with E-state index in [0.717, 1.165) is 12.1 Å². The zero-order valence-electron chi connectivity index (χ0n) is 10.2. The Morgan fingerprint density at radius 3 is 2.75 bits per heavy atom. The quantitative estimate of drug-likeness (QED) is 0.696. The van der Waals surface area contributed by atoms with E-state index in [-0.39, 0.29) is 28.4 Å². The number of benzene rings is 2. The summed E-state index contributed by atoms with van der Waals surface area (Å²) in [6, 6.07) is 7.70. The molecule has 0 spiro atoms. The van der Waals surface area contributed by atoms with Crippen molar-refractivity contribution in [2.24, 2.45) is 0 Å². The lowest BCUT2D eigenvalue weighted by molar-refractivity contribution is 0.0469. The lowest BCUT2D eigenvalue weighted by atomic mass is 10.2. The Balaban J connectivity index is 2.13. The fourth-order valence-electron chi connectivity index (χ4n) is 1.59. The summed E-state index contributed by atoms with van der Waals surface area (Å²) in [5.41, 5.74) is 5.66. The molecule has 0 saturated heterocycles. The molecule has 0 saturated carbocycles. The highest BCUT2D eigenvalue weighted by atomic mass is 35.5. The third kappa shape index (κ3) is 3.05. The fraction of sp³-hybridized carbons (Fsp3) is 0.0714. The first-order chi connectivity index (χ1) is 9.49. The lowest BCUT2D eigenvalue weighted by Gasteiger charge is -2.08. The van der Waals surface area contributed by atoms with Gasteiger partial charge in [0.15, 0.2) is 0 Å². The first-order valence-electron chi connectivity index (χ1n) is 5.64. The van der Waals surface area contributed by atoms with Crippen LogP contribution in [0, 0.1) is 11.6 Å². The number of hydrogen-bond acceptors (Lipinski definition) is 3. The SMILES string of the molecule is Nc1ccc(F)cc1C(=O)OCc1cccc(Cl)c1F. The monoisotopic (exact) mass is 297 g/mol. The number of nitrogen functional groups attached to an aromatic ring is 1. The van der Waals surface area contributed by atoms with Crippen molar-refractivity contribution in [2.75, 3.05) is 5.73 Å². The van der Waals surface area contributed by atoms with Gasteiger partial charge in [0, 0.05) is 11.3 Å². The van der Waals surface area contributed by atoms with Crippen LogP contribution in [0.3, 0.4) is 0 Å². The van der Waals surface area contributed by atoms with Crippen molar-refractivity contribution in [3.8, 4) is 0 Å². The molecule has 0 aliphatic rings. The van der Waals surface area contributed by atoms with Gasteiger partial charge in [-0.25, -0.2) is 13.6 Å². The highest BCUT2D eigenvalue weighted by molar-refractivity contribution is 6.30. The molecular weight excluding hydrogens is 288 g/mol. The van der Waals surface area contributed by atoms with Crippen molar-refractivity contribution in [1.82, 2.24) is 0 Å². The van der Waals surface area contributed by atoms with Gasteiger partial charge in [-0.05, 0) is 24.3 Å². The molecule has 20 heavy (non-hydrogen) atoms. The fourth-order valence-corrected chi connectivity index (χ4v) is 1.78. The molecule has 2 aromatic rings. The van der Waals surface area contributed by atoms with Gasteiger partial charge in [-0.2, -0.15) is 0 Å². The minimum absolute atomic E-state index is 0.0659. The van der Waals surface area contributed by atoms with Gasteiger partial charge in [0.25, 0.3) is 0 Å². The van der Waals surface area contributed by atoms with Crippen LogP contribution in [-0.2, 0) is 11.3 Å². The maximum Gasteiger partial charge on any atom is 0.340 e.